The van der Waals surface area contributed by atoms with Crippen LogP contribution in [0.25, 0.3) is 0 Å². The number of alkyl halides is 3. The Labute approximate surface area is 224 Å². The van der Waals surface area contributed by atoms with Crippen LogP contribution in [0.15, 0.2) is 42.6 Å². The van der Waals surface area contributed by atoms with E-state index in [4.69, 9.17) is 9.47 Å². The molecular weight excluding hydrogens is 515 g/mol. The van der Waals surface area contributed by atoms with Crippen molar-refractivity contribution in [2.75, 3.05) is 24.6 Å². The smallest absolute Gasteiger partial charge is 0.436 e. The average Bonchev–Trinajstić information content (AvgIpc) is 3.30. The first-order valence-electron chi connectivity index (χ1n) is 12.7. The van der Waals surface area contributed by atoms with Gasteiger partial charge in [-0.15, -0.1) is 11.3 Å². The number of nitrogens with zero attached hydrogens (tertiary/aromatic N) is 3. The summed E-state index contributed by atoms with van der Waals surface area (Å²) in [4.78, 5) is 22.3. The number of carbonyl (C=O) groups excluding carboxylic acids is 1. The highest BCUT2D eigenvalue weighted by molar-refractivity contribution is 7.16. The van der Waals surface area contributed by atoms with Crippen LogP contribution in [-0.2, 0) is 27.5 Å². The molecule has 204 valence electrons. The zero-order valence-corrected chi connectivity index (χ0v) is 22.8. The van der Waals surface area contributed by atoms with Crippen LogP contribution in [0, 0.1) is 5.92 Å². The summed E-state index contributed by atoms with van der Waals surface area (Å²) in [6.07, 6.45) is -1.71. The van der Waals surface area contributed by atoms with Gasteiger partial charge in [-0.3, -0.25) is 4.79 Å². The van der Waals surface area contributed by atoms with E-state index in [9.17, 15) is 18.0 Å². The van der Waals surface area contributed by atoms with E-state index in [2.05, 4.69) is 30.7 Å². The molecule has 0 aliphatic carbocycles. The number of para-hydroxylation sites is 1. The van der Waals surface area contributed by atoms with Gasteiger partial charge in [0.2, 0.25) is 5.88 Å². The van der Waals surface area contributed by atoms with E-state index < -0.39 is 17.8 Å². The van der Waals surface area contributed by atoms with Crippen molar-refractivity contribution in [3.8, 4) is 11.6 Å². The Morgan fingerprint density at radius 2 is 1.92 bits per heavy atom. The van der Waals surface area contributed by atoms with E-state index in [0.29, 0.717) is 41.6 Å². The van der Waals surface area contributed by atoms with Crippen molar-refractivity contribution in [3.63, 3.8) is 0 Å². The number of benzene rings is 1. The number of hydrogen-bond donors (Lipinski definition) is 0. The quantitative estimate of drug-likeness (QED) is 0.296. The summed E-state index contributed by atoms with van der Waals surface area (Å²) in [5.74, 6) is 0.142. The van der Waals surface area contributed by atoms with Crippen LogP contribution < -0.4 is 9.64 Å². The molecule has 3 aromatic rings. The van der Waals surface area contributed by atoms with Crippen LogP contribution in [0.5, 0.6) is 11.6 Å². The predicted molar refractivity (Wildman–Crippen MR) is 141 cm³/mol. The molecule has 1 aromatic carbocycles. The first-order chi connectivity index (χ1) is 18.0. The fourth-order valence-corrected chi connectivity index (χ4v) is 5.68. The van der Waals surface area contributed by atoms with Gasteiger partial charge in [-0.05, 0) is 37.3 Å². The molecule has 0 radical (unpaired) electrons. The zero-order chi connectivity index (χ0) is 27.5. The van der Waals surface area contributed by atoms with Gasteiger partial charge >= 0.3 is 12.1 Å². The fraction of sp³-hybridized carbons (Fsp3) is 0.464. The lowest BCUT2D eigenvalue weighted by atomic mass is 9.86. The molecule has 0 amide bonds. The Bertz CT molecular complexity index is 1270. The van der Waals surface area contributed by atoms with E-state index in [1.54, 1.807) is 30.2 Å². The number of esters is 1. The molecule has 1 unspecified atom stereocenters. The molecule has 0 N–H and O–H groups in total. The Hall–Kier alpha value is -3.14. The highest BCUT2D eigenvalue weighted by Crippen LogP contribution is 2.42. The molecule has 10 heteroatoms. The predicted octanol–water partition coefficient (Wildman–Crippen LogP) is 7.02. The standard InChI is InChI=1S/C28H32F3N3O3S/c1-5-36-26(35)19-11-9-15-34(17-19)25-23(28(29,30)31)33-22(38-25)16-18-10-8-14-32-24(18)37-21-13-7-6-12-20(21)27(2,3)4/h6-8,10,12-14,19H,5,9,11,15-17H2,1-4H3. The van der Waals surface area contributed by atoms with Crippen molar-refractivity contribution in [3.05, 3.63) is 64.4 Å². The van der Waals surface area contributed by atoms with Crippen LogP contribution in [0.4, 0.5) is 18.2 Å². The Morgan fingerprint density at radius 3 is 2.63 bits per heavy atom. The summed E-state index contributed by atoms with van der Waals surface area (Å²) in [6, 6.07) is 11.2. The second-order valence-electron chi connectivity index (χ2n) is 10.3. The van der Waals surface area contributed by atoms with Gasteiger partial charge in [-0.1, -0.05) is 45.0 Å². The third-order valence-electron chi connectivity index (χ3n) is 6.34. The first-order valence-corrected chi connectivity index (χ1v) is 13.5. The van der Waals surface area contributed by atoms with Gasteiger partial charge in [-0.2, -0.15) is 13.2 Å². The normalized spacial score (nSPS) is 16.4. The van der Waals surface area contributed by atoms with Gasteiger partial charge in [0, 0.05) is 36.8 Å². The summed E-state index contributed by atoms with van der Waals surface area (Å²) in [7, 11) is 0. The van der Waals surface area contributed by atoms with Gasteiger partial charge in [0.05, 0.1) is 17.5 Å². The van der Waals surface area contributed by atoms with Crippen LogP contribution in [0.2, 0.25) is 0 Å². The Kier molecular flexibility index (Phi) is 8.30. The average molecular weight is 548 g/mol. The van der Waals surface area contributed by atoms with Gasteiger partial charge in [0.15, 0.2) is 5.69 Å². The summed E-state index contributed by atoms with van der Waals surface area (Å²) in [6.45, 7) is 8.80. The van der Waals surface area contributed by atoms with E-state index in [1.165, 1.54) is 0 Å². The second-order valence-corrected chi connectivity index (χ2v) is 11.4. The van der Waals surface area contributed by atoms with E-state index >= 15 is 0 Å². The number of ether oxygens (including phenoxy) is 2. The number of carbonyl (C=O) groups is 1. The topological polar surface area (TPSA) is 64.5 Å². The number of piperidine rings is 1. The van der Waals surface area contributed by atoms with Crippen molar-refractivity contribution in [1.82, 2.24) is 9.97 Å². The Balaban J connectivity index is 1.63. The lowest BCUT2D eigenvalue weighted by Crippen LogP contribution is -2.39. The molecule has 0 spiro atoms. The third kappa shape index (κ3) is 6.46. The molecule has 1 aliphatic rings. The second kappa shape index (κ2) is 11.3. The number of pyridine rings is 1. The van der Waals surface area contributed by atoms with E-state index in [1.807, 2.05) is 24.3 Å². The van der Waals surface area contributed by atoms with Crippen LogP contribution in [0.1, 0.15) is 62.4 Å². The maximum absolute atomic E-state index is 14.0. The molecule has 1 saturated heterocycles. The van der Waals surface area contributed by atoms with Crippen molar-refractivity contribution in [2.24, 2.45) is 5.92 Å². The number of rotatable bonds is 7. The van der Waals surface area contributed by atoms with E-state index in [-0.39, 0.29) is 36.0 Å². The molecule has 3 heterocycles. The molecule has 0 saturated carbocycles. The number of hydrogen-bond acceptors (Lipinski definition) is 7. The molecule has 6 nitrogen and oxygen atoms in total. The summed E-state index contributed by atoms with van der Waals surface area (Å²) in [5.41, 5.74) is 0.529. The lowest BCUT2D eigenvalue weighted by molar-refractivity contribution is -0.148. The minimum Gasteiger partial charge on any atom is -0.466 e. The molecule has 4 rings (SSSR count). The van der Waals surface area contributed by atoms with Gasteiger partial charge < -0.3 is 14.4 Å². The third-order valence-corrected chi connectivity index (χ3v) is 7.46. The molecule has 1 atom stereocenters. The molecular formula is C28H32F3N3O3S. The van der Waals surface area contributed by atoms with Crippen LogP contribution in [-0.4, -0.2) is 35.6 Å². The largest absolute Gasteiger partial charge is 0.466 e. The number of anilines is 1. The highest BCUT2D eigenvalue weighted by atomic mass is 32.1. The zero-order valence-electron chi connectivity index (χ0n) is 22.0. The fourth-order valence-electron chi connectivity index (χ4n) is 4.54. The van der Waals surface area contributed by atoms with Crippen LogP contribution in [0.3, 0.4) is 0 Å². The minimum atomic E-state index is -4.62. The number of thiazole rings is 1. The summed E-state index contributed by atoms with van der Waals surface area (Å²) < 4.78 is 53.5. The maximum Gasteiger partial charge on any atom is 0.436 e. The monoisotopic (exact) mass is 547 g/mol. The molecule has 1 aliphatic heterocycles. The minimum absolute atomic E-state index is 0.0333. The van der Waals surface area contributed by atoms with Crippen molar-refractivity contribution >= 4 is 22.3 Å². The molecule has 38 heavy (non-hydrogen) atoms. The van der Waals surface area contributed by atoms with Crippen molar-refractivity contribution in [2.45, 2.75) is 58.5 Å². The number of halogens is 3. The number of aromatic nitrogens is 2. The molecule has 0 bridgehead atoms. The Morgan fingerprint density at radius 1 is 1.16 bits per heavy atom. The SMILES string of the molecule is CCOC(=O)C1CCCN(c2sc(Cc3cccnc3Oc3ccccc3C(C)(C)C)nc2C(F)(F)F)C1. The van der Waals surface area contributed by atoms with Gasteiger partial charge in [0.25, 0.3) is 0 Å². The van der Waals surface area contributed by atoms with Crippen LogP contribution >= 0.6 is 11.3 Å². The van der Waals surface area contributed by atoms with Crippen molar-refractivity contribution in [1.29, 1.82) is 0 Å². The summed E-state index contributed by atoms with van der Waals surface area (Å²) in [5, 5.41) is 0.332. The van der Waals surface area contributed by atoms with E-state index in [0.717, 1.165) is 16.9 Å². The summed E-state index contributed by atoms with van der Waals surface area (Å²) >= 11 is 0.997. The lowest BCUT2D eigenvalue weighted by Gasteiger charge is -2.32. The van der Waals surface area contributed by atoms with Crippen molar-refractivity contribution < 1.29 is 27.4 Å². The van der Waals surface area contributed by atoms with Gasteiger partial charge in [0.1, 0.15) is 10.8 Å². The van der Waals surface area contributed by atoms with Gasteiger partial charge in [-0.25, -0.2) is 9.97 Å². The molecule has 2 aromatic heterocycles. The maximum atomic E-state index is 14.0. The highest BCUT2D eigenvalue weighted by Gasteiger charge is 2.40. The first kappa shape index (κ1) is 27.9. The molecule has 1 fully saturated rings.